The molecular formula is C14H24. The summed E-state index contributed by atoms with van der Waals surface area (Å²) in [6.07, 6.45) is 18.6. The fourth-order valence-corrected chi connectivity index (χ4v) is 3.06. The molecule has 0 aromatic carbocycles. The molecule has 0 aromatic heterocycles. The number of rotatable bonds is 0. The van der Waals surface area contributed by atoms with Gasteiger partial charge in [0.25, 0.3) is 0 Å². The van der Waals surface area contributed by atoms with E-state index in [1.165, 1.54) is 70.6 Å². The molecule has 3 aliphatic carbocycles. The van der Waals surface area contributed by atoms with Crippen LogP contribution >= 0.6 is 0 Å². The molecular weight excluding hydrogens is 168 g/mol. The van der Waals surface area contributed by atoms with Crippen molar-refractivity contribution in [2.24, 2.45) is 5.92 Å². The van der Waals surface area contributed by atoms with Gasteiger partial charge < -0.3 is 0 Å². The van der Waals surface area contributed by atoms with Crippen LogP contribution in [0.3, 0.4) is 0 Å². The summed E-state index contributed by atoms with van der Waals surface area (Å²) in [5.74, 6) is 1.08. The molecule has 0 spiro atoms. The number of fused-ring (bicyclic) bond motifs is 9. The monoisotopic (exact) mass is 192 g/mol. The molecule has 0 heterocycles. The molecule has 0 nitrogen and oxygen atoms in total. The van der Waals surface area contributed by atoms with Gasteiger partial charge in [0.15, 0.2) is 0 Å². The zero-order valence-corrected chi connectivity index (χ0v) is 9.43. The quantitative estimate of drug-likeness (QED) is 0.481. The molecule has 0 aliphatic heterocycles. The van der Waals surface area contributed by atoms with Gasteiger partial charge in [-0.05, 0) is 44.4 Å². The summed E-state index contributed by atoms with van der Waals surface area (Å²) in [6, 6.07) is 0. The summed E-state index contributed by atoms with van der Waals surface area (Å²) in [7, 11) is 0. The van der Waals surface area contributed by atoms with E-state index in [9.17, 15) is 0 Å². The maximum Gasteiger partial charge on any atom is -0.0320 e. The number of allylic oxidation sites excluding steroid dienone is 2. The van der Waals surface area contributed by atoms with Crippen LogP contribution in [0.15, 0.2) is 11.6 Å². The van der Waals surface area contributed by atoms with Crippen LogP contribution in [0, 0.1) is 5.92 Å². The summed E-state index contributed by atoms with van der Waals surface area (Å²) in [5.41, 5.74) is 1.78. The van der Waals surface area contributed by atoms with E-state index in [0.717, 1.165) is 5.92 Å². The third-order valence-corrected chi connectivity index (χ3v) is 3.97. The van der Waals surface area contributed by atoms with E-state index in [0.29, 0.717) is 0 Å². The Labute approximate surface area is 88.8 Å². The molecule has 80 valence electrons. The predicted molar refractivity (Wildman–Crippen MR) is 62.4 cm³/mol. The third kappa shape index (κ3) is 3.15. The molecule has 0 amide bonds. The van der Waals surface area contributed by atoms with Gasteiger partial charge in [-0.3, -0.25) is 0 Å². The van der Waals surface area contributed by atoms with Crippen LogP contribution in [0.1, 0.15) is 70.6 Å². The second kappa shape index (κ2) is 5.58. The van der Waals surface area contributed by atoms with Crippen LogP contribution in [0.2, 0.25) is 0 Å². The van der Waals surface area contributed by atoms with Gasteiger partial charge in [-0.1, -0.05) is 43.8 Å². The minimum Gasteiger partial charge on any atom is -0.0853 e. The molecule has 1 fully saturated rings. The van der Waals surface area contributed by atoms with Crippen LogP contribution in [-0.2, 0) is 0 Å². The number of hydrogen-bond donors (Lipinski definition) is 0. The van der Waals surface area contributed by atoms with E-state index in [2.05, 4.69) is 6.08 Å². The second-order valence-electron chi connectivity index (χ2n) is 5.15. The highest BCUT2D eigenvalue weighted by atomic mass is 14.2. The Bertz CT molecular complexity index is 178. The Morgan fingerprint density at radius 2 is 1.50 bits per heavy atom. The molecule has 0 radical (unpaired) electrons. The Morgan fingerprint density at radius 3 is 2.29 bits per heavy atom. The number of hydrogen-bond acceptors (Lipinski definition) is 0. The maximum atomic E-state index is 2.56. The largest absolute Gasteiger partial charge is 0.0853 e. The van der Waals surface area contributed by atoms with E-state index in [4.69, 9.17) is 0 Å². The van der Waals surface area contributed by atoms with Crippen LogP contribution < -0.4 is 0 Å². The van der Waals surface area contributed by atoms with E-state index >= 15 is 0 Å². The van der Waals surface area contributed by atoms with E-state index < -0.39 is 0 Å². The van der Waals surface area contributed by atoms with Crippen molar-refractivity contribution in [2.45, 2.75) is 70.6 Å². The van der Waals surface area contributed by atoms with Gasteiger partial charge >= 0.3 is 0 Å². The highest BCUT2D eigenvalue weighted by molar-refractivity contribution is 5.03. The first-order chi connectivity index (χ1) is 6.95. The van der Waals surface area contributed by atoms with Crippen molar-refractivity contribution < 1.29 is 0 Å². The van der Waals surface area contributed by atoms with Crippen molar-refractivity contribution in [2.75, 3.05) is 0 Å². The molecule has 3 rings (SSSR count). The second-order valence-corrected chi connectivity index (χ2v) is 5.15. The zero-order chi connectivity index (χ0) is 9.64. The molecule has 0 unspecified atom stereocenters. The van der Waals surface area contributed by atoms with Crippen molar-refractivity contribution in [1.29, 1.82) is 0 Å². The summed E-state index contributed by atoms with van der Waals surface area (Å²) in [6.45, 7) is 0. The smallest absolute Gasteiger partial charge is 0.0320 e. The van der Waals surface area contributed by atoms with Gasteiger partial charge in [0.05, 0.1) is 0 Å². The first-order valence-electron chi connectivity index (χ1n) is 6.63. The Balaban J connectivity index is 1.99. The molecule has 0 heteroatoms. The lowest BCUT2D eigenvalue weighted by Crippen LogP contribution is -2.04. The van der Waals surface area contributed by atoms with Crippen molar-refractivity contribution >= 4 is 0 Å². The lowest BCUT2D eigenvalue weighted by atomic mass is 9.86. The van der Waals surface area contributed by atoms with Crippen LogP contribution in [0.5, 0.6) is 0 Å². The molecule has 2 bridgehead atoms. The molecule has 3 aliphatic rings. The fourth-order valence-electron chi connectivity index (χ4n) is 3.06. The topological polar surface area (TPSA) is 0 Å². The summed E-state index contributed by atoms with van der Waals surface area (Å²) < 4.78 is 0. The first kappa shape index (κ1) is 10.3. The first-order valence-corrected chi connectivity index (χ1v) is 6.63. The van der Waals surface area contributed by atoms with Gasteiger partial charge in [-0.15, -0.1) is 0 Å². The van der Waals surface area contributed by atoms with Crippen molar-refractivity contribution in [3.63, 3.8) is 0 Å². The van der Waals surface area contributed by atoms with E-state index in [1.807, 2.05) is 0 Å². The average molecular weight is 192 g/mol. The van der Waals surface area contributed by atoms with Crippen LogP contribution in [0.4, 0.5) is 0 Å². The van der Waals surface area contributed by atoms with Gasteiger partial charge in [0.2, 0.25) is 0 Å². The minimum atomic E-state index is 1.08. The highest BCUT2D eigenvalue weighted by Crippen LogP contribution is 2.30. The summed E-state index contributed by atoms with van der Waals surface area (Å²) in [5, 5.41) is 0. The minimum absolute atomic E-state index is 1.08. The van der Waals surface area contributed by atoms with Crippen molar-refractivity contribution in [3.05, 3.63) is 11.6 Å². The van der Waals surface area contributed by atoms with Gasteiger partial charge in [0, 0.05) is 0 Å². The van der Waals surface area contributed by atoms with Crippen molar-refractivity contribution in [3.8, 4) is 0 Å². The van der Waals surface area contributed by atoms with Crippen LogP contribution in [0.25, 0.3) is 0 Å². The summed E-state index contributed by atoms with van der Waals surface area (Å²) in [4.78, 5) is 0. The molecule has 0 atom stereocenters. The van der Waals surface area contributed by atoms with Crippen LogP contribution in [-0.4, -0.2) is 0 Å². The van der Waals surface area contributed by atoms with Gasteiger partial charge in [0.1, 0.15) is 0 Å². The molecule has 14 heavy (non-hydrogen) atoms. The zero-order valence-electron chi connectivity index (χ0n) is 9.43. The maximum absolute atomic E-state index is 2.56. The normalized spacial score (nSPS) is 30.3. The highest BCUT2D eigenvalue weighted by Gasteiger charge is 2.13. The van der Waals surface area contributed by atoms with Gasteiger partial charge in [-0.25, -0.2) is 0 Å². The predicted octanol–water partition coefficient (Wildman–Crippen LogP) is 4.85. The van der Waals surface area contributed by atoms with Gasteiger partial charge in [-0.2, -0.15) is 0 Å². The fraction of sp³-hybridized carbons (Fsp3) is 0.857. The van der Waals surface area contributed by atoms with E-state index in [-0.39, 0.29) is 0 Å². The molecule has 0 aromatic rings. The SMILES string of the molecule is C1=C2CCCC(CCCCC1)CCC2. The molecule has 1 saturated carbocycles. The Morgan fingerprint density at radius 1 is 0.786 bits per heavy atom. The Kier molecular flexibility index (Phi) is 4.09. The molecule has 0 N–H and O–H groups in total. The van der Waals surface area contributed by atoms with Crippen molar-refractivity contribution in [1.82, 2.24) is 0 Å². The standard InChI is InChI=1S/C14H24/c1-2-4-8-14-11-5-9-13(7-3-1)10-6-12-14/h7,14H,1-6,8-12H2. The average Bonchev–Trinajstić information content (AvgIpc) is 2.22. The lowest BCUT2D eigenvalue weighted by Gasteiger charge is -2.20. The third-order valence-electron chi connectivity index (χ3n) is 3.97. The lowest BCUT2D eigenvalue weighted by molar-refractivity contribution is 0.370. The summed E-state index contributed by atoms with van der Waals surface area (Å²) >= 11 is 0. The Hall–Kier alpha value is -0.260. The molecule has 0 saturated heterocycles. The van der Waals surface area contributed by atoms with E-state index in [1.54, 1.807) is 5.57 Å².